The average molecular weight is 453 g/mol. The molecule has 0 aliphatic heterocycles. The van der Waals surface area contributed by atoms with E-state index in [1.165, 1.54) is 12.1 Å². The molecule has 1 nitrogen and oxygen atoms in total. The Balaban J connectivity index is 2.51. The molecule has 0 amide bonds. The minimum atomic E-state index is -0.286. The van der Waals surface area contributed by atoms with Crippen molar-refractivity contribution in [3.8, 4) is 5.75 Å². The van der Waals surface area contributed by atoms with Gasteiger partial charge >= 0.3 is 0 Å². The first-order valence-electron chi connectivity index (χ1n) is 5.45. The van der Waals surface area contributed by atoms with Crippen molar-refractivity contribution in [3.05, 3.63) is 62.3 Å². The highest BCUT2D eigenvalue weighted by Crippen LogP contribution is 2.40. The van der Waals surface area contributed by atoms with E-state index in [-0.39, 0.29) is 10.6 Å². The predicted molar refractivity (Wildman–Crippen MR) is 85.6 cm³/mol. The molecule has 0 saturated heterocycles. The van der Waals surface area contributed by atoms with Crippen LogP contribution < -0.4 is 4.74 Å². The Hall–Kier alpha value is -0.390. The summed E-state index contributed by atoms with van der Waals surface area (Å²) in [5.74, 6) is 0.363. The molecule has 1 unspecified atom stereocenters. The molecule has 0 bridgehead atoms. The van der Waals surface area contributed by atoms with Crippen molar-refractivity contribution in [2.24, 2.45) is 0 Å². The van der Waals surface area contributed by atoms with E-state index < -0.39 is 0 Å². The van der Waals surface area contributed by atoms with Crippen molar-refractivity contribution in [2.75, 3.05) is 7.11 Å². The highest BCUT2D eigenvalue weighted by molar-refractivity contribution is 9.11. The molecule has 0 fully saturated rings. The van der Waals surface area contributed by atoms with Gasteiger partial charge in [-0.2, -0.15) is 0 Å². The lowest BCUT2D eigenvalue weighted by Crippen LogP contribution is -1.99. The average Bonchev–Trinajstić information content (AvgIpc) is 2.40. The number of hydrogen-bond acceptors (Lipinski definition) is 1. The first-order chi connectivity index (χ1) is 9.02. The molecule has 2 aromatic carbocycles. The fraction of sp³-hybridized carbons (Fsp3) is 0.143. The zero-order chi connectivity index (χ0) is 14.0. The summed E-state index contributed by atoms with van der Waals surface area (Å²) in [4.78, 5) is -0.162. The number of hydrogen-bond donors (Lipinski definition) is 0. The quantitative estimate of drug-likeness (QED) is 0.531. The lowest BCUT2D eigenvalue weighted by molar-refractivity contribution is 0.409. The predicted octanol–water partition coefficient (Wildman–Crippen LogP) is 5.84. The van der Waals surface area contributed by atoms with Crippen LogP contribution in [-0.2, 0) is 0 Å². The summed E-state index contributed by atoms with van der Waals surface area (Å²) in [6, 6.07) is 10.4. The third kappa shape index (κ3) is 3.38. The lowest BCUT2D eigenvalue weighted by atomic mass is 10.0. The molecule has 5 heteroatoms. The molecule has 0 aliphatic carbocycles. The lowest BCUT2D eigenvalue weighted by Gasteiger charge is -2.16. The summed E-state index contributed by atoms with van der Waals surface area (Å²) >= 11 is 10.6. The van der Waals surface area contributed by atoms with Gasteiger partial charge in [-0.3, -0.25) is 0 Å². The number of rotatable bonds is 3. The largest absolute Gasteiger partial charge is 0.496 e. The van der Waals surface area contributed by atoms with Crippen LogP contribution in [0.25, 0.3) is 0 Å². The smallest absolute Gasteiger partial charge is 0.123 e. The molecule has 2 aromatic rings. The Morgan fingerprint density at radius 3 is 2.47 bits per heavy atom. The van der Waals surface area contributed by atoms with Crippen LogP contribution in [-0.4, -0.2) is 7.11 Å². The Kier molecular flexibility index (Phi) is 5.03. The Bertz CT molecular complexity index is 601. The molecule has 0 saturated carbocycles. The highest BCUT2D eigenvalue weighted by Gasteiger charge is 2.18. The van der Waals surface area contributed by atoms with Gasteiger partial charge in [-0.15, -0.1) is 0 Å². The van der Waals surface area contributed by atoms with Gasteiger partial charge in [0.15, 0.2) is 0 Å². The van der Waals surface area contributed by atoms with Crippen LogP contribution in [0.5, 0.6) is 5.75 Å². The van der Waals surface area contributed by atoms with Crippen molar-refractivity contribution in [1.82, 2.24) is 0 Å². The molecule has 1 atom stereocenters. The normalized spacial score (nSPS) is 12.3. The Labute approximate surface area is 136 Å². The minimum Gasteiger partial charge on any atom is -0.496 e. The van der Waals surface area contributed by atoms with Crippen molar-refractivity contribution in [3.63, 3.8) is 0 Å². The third-order valence-electron chi connectivity index (χ3n) is 2.70. The first kappa shape index (κ1) is 15.0. The van der Waals surface area contributed by atoms with Crippen molar-refractivity contribution < 1.29 is 9.13 Å². The zero-order valence-electron chi connectivity index (χ0n) is 9.96. The maximum Gasteiger partial charge on any atom is 0.123 e. The van der Waals surface area contributed by atoms with Gasteiger partial charge in [0, 0.05) is 14.5 Å². The molecule has 0 spiro atoms. The highest BCUT2D eigenvalue weighted by atomic mass is 79.9. The Morgan fingerprint density at radius 1 is 1.05 bits per heavy atom. The molecule has 0 N–H and O–H groups in total. The second kappa shape index (κ2) is 6.37. The van der Waals surface area contributed by atoms with E-state index in [9.17, 15) is 4.39 Å². The second-order valence-electron chi connectivity index (χ2n) is 3.91. The van der Waals surface area contributed by atoms with E-state index in [0.717, 1.165) is 20.1 Å². The summed E-state index contributed by atoms with van der Waals surface area (Å²) in [6.45, 7) is 0. The first-order valence-corrected chi connectivity index (χ1v) is 7.95. The van der Waals surface area contributed by atoms with Gasteiger partial charge in [-0.05, 0) is 42.0 Å². The number of methoxy groups -OCH3 is 1. The van der Waals surface area contributed by atoms with Gasteiger partial charge in [0.2, 0.25) is 0 Å². The van der Waals surface area contributed by atoms with E-state index >= 15 is 0 Å². The Morgan fingerprint density at radius 2 is 1.79 bits per heavy atom. The standard InChI is InChI=1S/C14H10Br3FO/c1-19-13-5-3-9(18)7-11(13)14(17)10-6-8(15)2-4-12(10)16/h2-7,14H,1H3. The van der Waals surface area contributed by atoms with Crippen LogP contribution in [0.3, 0.4) is 0 Å². The van der Waals surface area contributed by atoms with Gasteiger partial charge in [0.1, 0.15) is 11.6 Å². The summed E-state index contributed by atoms with van der Waals surface area (Å²) in [5.41, 5.74) is 1.75. The van der Waals surface area contributed by atoms with Crippen molar-refractivity contribution >= 4 is 47.8 Å². The molecule has 0 radical (unpaired) electrons. The van der Waals surface area contributed by atoms with E-state index in [2.05, 4.69) is 47.8 Å². The number of halogens is 4. The van der Waals surface area contributed by atoms with Crippen LogP contribution in [0.2, 0.25) is 0 Å². The summed E-state index contributed by atoms with van der Waals surface area (Å²) in [5, 5.41) is 0. The number of alkyl halides is 1. The van der Waals surface area contributed by atoms with Gasteiger partial charge in [0.25, 0.3) is 0 Å². The maximum atomic E-state index is 13.4. The van der Waals surface area contributed by atoms with E-state index in [1.807, 2.05) is 18.2 Å². The topological polar surface area (TPSA) is 9.23 Å². The molecular formula is C14H10Br3FO. The summed E-state index contributed by atoms with van der Waals surface area (Å²) < 4.78 is 20.6. The van der Waals surface area contributed by atoms with E-state index in [4.69, 9.17) is 4.74 Å². The van der Waals surface area contributed by atoms with E-state index in [0.29, 0.717) is 5.75 Å². The maximum absolute atomic E-state index is 13.4. The minimum absolute atomic E-state index is 0.162. The second-order valence-corrected chi connectivity index (χ2v) is 6.60. The van der Waals surface area contributed by atoms with Gasteiger partial charge in [-0.25, -0.2) is 4.39 Å². The fourth-order valence-electron chi connectivity index (χ4n) is 1.78. The molecule has 0 aromatic heterocycles. The fourth-order valence-corrected chi connectivity index (χ4v) is 3.68. The monoisotopic (exact) mass is 450 g/mol. The molecule has 2 rings (SSSR count). The number of ether oxygens (including phenoxy) is 1. The molecule has 0 heterocycles. The summed E-state index contributed by atoms with van der Waals surface area (Å²) in [6.07, 6.45) is 0. The van der Waals surface area contributed by atoms with Gasteiger partial charge in [0.05, 0.1) is 11.9 Å². The SMILES string of the molecule is COc1ccc(F)cc1C(Br)c1cc(Br)ccc1Br. The van der Waals surface area contributed by atoms with Gasteiger partial charge < -0.3 is 4.74 Å². The van der Waals surface area contributed by atoms with Crippen LogP contribution in [0.1, 0.15) is 16.0 Å². The van der Waals surface area contributed by atoms with Crippen molar-refractivity contribution in [2.45, 2.75) is 4.83 Å². The van der Waals surface area contributed by atoms with E-state index in [1.54, 1.807) is 13.2 Å². The zero-order valence-corrected chi connectivity index (χ0v) is 14.7. The third-order valence-corrected chi connectivity index (χ3v) is 4.90. The van der Waals surface area contributed by atoms with Crippen molar-refractivity contribution in [1.29, 1.82) is 0 Å². The number of benzene rings is 2. The molecule has 100 valence electrons. The van der Waals surface area contributed by atoms with Crippen LogP contribution >= 0.6 is 47.8 Å². The van der Waals surface area contributed by atoms with Crippen LogP contribution in [0.15, 0.2) is 45.3 Å². The van der Waals surface area contributed by atoms with Crippen LogP contribution in [0.4, 0.5) is 4.39 Å². The molecular weight excluding hydrogens is 443 g/mol. The summed E-state index contributed by atoms with van der Waals surface area (Å²) in [7, 11) is 1.58. The van der Waals surface area contributed by atoms with Gasteiger partial charge in [-0.1, -0.05) is 47.8 Å². The molecule has 0 aliphatic rings. The van der Waals surface area contributed by atoms with Crippen LogP contribution in [0, 0.1) is 5.82 Å². The molecule has 19 heavy (non-hydrogen) atoms.